The van der Waals surface area contributed by atoms with Crippen LogP contribution in [0.1, 0.15) is 6.42 Å². The van der Waals surface area contributed by atoms with Crippen LogP contribution in [-0.2, 0) is 4.79 Å². The quantitative estimate of drug-likeness (QED) is 0.448. The molecule has 1 amide bonds. The van der Waals surface area contributed by atoms with Gasteiger partial charge in [0.25, 0.3) is 0 Å². The topological polar surface area (TPSA) is 46.4 Å². The lowest BCUT2D eigenvalue weighted by molar-refractivity contribution is -0.115. The van der Waals surface area contributed by atoms with E-state index in [0.29, 0.717) is 12.2 Å². The van der Waals surface area contributed by atoms with Crippen molar-refractivity contribution in [3.8, 4) is 11.3 Å². The average Bonchev–Trinajstić information content (AvgIpc) is 3.26. The molecule has 7 heteroatoms. The Balaban J connectivity index is 1.30. The molecule has 0 bridgehead atoms. The van der Waals surface area contributed by atoms with Crippen LogP contribution >= 0.6 is 23.1 Å². The summed E-state index contributed by atoms with van der Waals surface area (Å²) in [6, 6.07) is 14.0. The number of hydrogen-bond donors (Lipinski definition) is 1. The third-order valence-corrected chi connectivity index (χ3v) is 5.75. The van der Waals surface area contributed by atoms with Crippen LogP contribution in [0.3, 0.4) is 0 Å². The molecule has 0 saturated heterocycles. The van der Waals surface area contributed by atoms with Crippen molar-refractivity contribution in [2.75, 3.05) is 11.1 Å². The molecule has 2 aromatic carbocycles. The smallest absolute Gasteiger partial charge is 0.225 e. The second-order valence-electron chi connectivity index (χ2n) is 5.90. The first-order valence-electron chi connectivity index (χ1n) is 8.38. The third-order valence-electron chi connectivity index (χ3n) is 3.97. The third kappa shape index (κ3) is 4.37. The van der Waals surface area contributed by atoms with Crippen molar-refractivity contribution in [1.82, 2.24) is 9.38 Å². The number of hydrogen-bond acceptors (Lipinski definition) is 4. The highest BCUT2D eigenvalue weighted by Crippen LogP contribution is 2.23. The van der Waals surface area contributed by atoms with E-state index >= 15 is 0 Å². The molecule has 0 aliphatic rings. The van der Waals surface area contributed by atoms with Crippen molar-refractivity contribution in [3.63, 3.8) is 0 Å². The van der Waals surface area contributed by atoms with Gasteiger partial charge in [-0.1, -0.05) is 12.1 Å². The van der Waals surface area contributed by atoms with Gasteiger partial charge in [-0.15, -0.1) is 23.1 Å². The van der Waals surface area contributed by atoms with Crippen LogP contribution in [0.5, 0.6) is 0 Å². The maximum Gasteiger partial charge on any atom is 0.225 e. The summed E-state index contributed by atoms with van der Waals surface area (Å²) >= 11 is 3.13. The van der Waals surface area contributed by atoms with Crippen molar-refractivity contribution < 1.29 is 9.18 Å². The fourth-order valence-electron chi connectivity index (χ4n) is 2.61. The molecule has 4 aromatic rings. The van der Waals surface area contributed by atoms with E-state index in [2.05, 4.69) is 10.3 Å². The Kier molecular flexibility index (Phi) is 5.22. The number of anilines is 1. The van der Waals surface area contributed by atoms with Gasteiger partial charge in [-0.3, -0.25) is 9.20 Å². The molecule has 1 N–H and O–H groups in total. The van der Waals surface area contributed by atoms with Crippen molar-refractivity contribution in [3.05, 3.63) is 72.1 Å². The lowest BCUT2D eigenvalue weighted by Gasteiger charge is -2.06. The summed E-state index contributed by atoms with van der Waals surface area (Å²) in [6.45, 7) is 0. The molecule has 4 rings (SSSR count). The van der Waals surface area contributed by atoms with Crippen molar-refractivity contribution in [2.24, 2.45) is 0 Å². The summed E-state index contributed by atoms with van der Waals surface area (Å²) in [4.78, 5) is 18.6. The Morgan fingerprint density at radius 2 is 1.93 bits per heavy atom. The molecular formula is C20H16FN3OS2. The Morgan fingerprint density at radius 1 is 1.15 bits per heavy atom. The highest BCUT2D eigenvalue weighted by atomic mass is 32.2. The van der Waals surface area contributed by atoms with Crippen molar-refractivity contribution >= 4 is 39.7 Å². The van der Waals surface area contributed by atoms with Gasteiger partial charge in [0, 0.05) is 46.1 Å². The number of benzene rings is 2. The van der Waals surface area contributed by atoms with Crippen LogP contribution in [0.2, 0.25) is 0 Å². The van der Waals surface area contributed by atoms with E-state index in [9.17, 15) is 9.18 Å². The van der Waals surface area contributed by atoms with Crippen LogP contribution in [-0.4, -0.2) is 21.0 Å². The normalized spacial score (nSPS) is 11.0. The molecule has 0 fully saturated rings. The number of fused-ring (bicyclic) bond motifs is 1. The molecular weight excluding hydrogens is 381 g/mol. The van der Waals surface area contributed by atoms with E-state index in [4.69, 9.17) is 0 Å². The molecule has 0 unspecified atom stereocenters. The Hall–Kier alpha value is -2.64. The number of thioether (sulfide) groups is 1. The highest BCUT2D eigenvalue weighted by Gasteiger charge is 2.07. The summed E-state index contributed by atoms with van der Waals surface area (Å²) < 4.78 is 14.9. The molecule has 0 aliphatic carbocycles. The Labute approximate surface area is 164 Å². The molecule has 0 saturated carbocycles. The van der Waals surface area contributed by atoms with E-state index in [1.54, 1.807) is 23.5 Å². The summed E-state index contributed by atoms with van der Waals surface area (Å²) in [5, 5.41) is 4.90. The highest BCUT2D eigenvalue weighted by molar-refractivity contribution is 7.99. The maximum absolute atomic E-state index is 12.9. The molecule has 2 heterocycles. The van der Waals surface area contributed by atoms with E-state index in [1.807, 2.05) is 46.4 Å². The number of nitrogens with one attached hydrogen (secondary N) is 1. The predicted octanol–water partition coefficient (Wildman–Crippen LogP) is 5.32. The van der Waals surface area contributed by atoms with Gasteiger partial charge in [0.05, 0.1) is 5.69 Å². The van der Waals surface area contributed by atoms with Crippen molar-refractivity contribution in [2.45, 2.75) is 11.3 Å². The number of amides is 1. The number of carbonyl (C=O) groups excluding carboxylic acids is 1. The Bertz CT molecular complexity index is 1030. The van der Waals surface area contributed by atoms with Gasteiger partial charge in [0.2, 0.25) is 5.91 Å². The molecule has 0 radical (unpaired) electrons. The van der Waals surface area contributed by atoms with E-state index < -0.39 is 0 Å². The first kappa shape index (κ1) is 17.8. The maximum atomic E-state index is 12.9. The fraction of sp³-hybridized carbons (Fsp3) is 0.100. The van der Waals surface area contributed by atoms with Gasteiger partial charge in [-0.2, -0.15) is 0 Å². The number of carbonyl (C=O) groups is 1. The fourth-order valence-corrected chi connectivity index (χ4v) is 4.16. The standard InChI is InChI=1S/C20H16FN3OS2/c21-15-3-7-17(8-4-15)26-11-9-19(25)22-16-5-1-14(2-6-16)18-13-24-10-12-27-20(24)23-18/h1-8,10,12-13H,9,11H2,(H,22,25). The zero-order valence-electron chi connectivity index (χ0n) is 14.3. The van der Waals surface area contributed by atoms with E-state index in [1.165, 1.54) is 23.9 Å². The van der Waals surface area contributed by atoms with Gasteiger partial charge in [-0.25, -0.2) is 9.37 Å². The largest absolute Gasteiger partial charge is 0.326 e. The summed E-state index contributed by atoms with van der Waals surface area (Å²) in [6.07, 6.45) is 4.36. The van der Waals surface area contributed by atoms with Gasteiger partial charge in [-0.05, 0) is 36.4 Å². The summed E-state index contributed by atoms with van der Waals surface area (Å²) in [5.74, 6) is 0.344. The summed E-state index contributed by atoms with van der Waals surface area (Å²) in [7, 11) is 0. The average molecular weight is 398 g/mol. The number of aromatic nitrogens is 2. The first-order chi connectivity index (χ1) is 13.2. The van der Waals surface area contributed by atoms with Gasteiger partial charge >= 0.3 is 0 Å². The Morgan fingerprint density at radius 3 is 2.67 bits per heavy atom. The minimum Gasteiger partial charge on any atom is -0.326 e. The van der Waals surface area contributed by atoms with Crippen LogP contribution in [0.25, 0.3) is 16.2 Å². The monoisotopic (exact) mass is 397 g/mol. The molecule has 0 atom stereocenters. The van der Waals surface area contributed by atoms with E-state index in [-0.39, 0.29) is 11.7 Å². The van der Waals surface area contributed by atoms with Crippen LogP contribution < -0.4 is 5.32 Å². The molecule has 2 aromatic heterocycles. The van der Waals surface area contributed by atoms with Crippen LogP contribution in [0.4, 0.5) is 10.1 Å². The van der Waals surface area contributed by atoms with Gasteiger partial charge < -0.3 is 5.32 Å². The predicted molar refractivity (Wildman–Crippen MR) is 109 cm³/mol. The SMILES string of the molecule is O=C(CCSc1ccc(F)cc1)Nc1ccc(-c2cn3ccsc3n2)cc1. The first-order valence-corrected chi connectivity index (χ1v) is 10.2. The zero-order chi connectivity index (χ0) is 18.6. The molecule has 4 nitrogen and oxygen atoms in total. The minimum atomic E-state index is -0.254. The number of nitrogens with zero attached hydrogens (tertiary/aromatic N) is 2. The van der Waals surface area contributed by atoms with Crippen molar-refractivity contribution in [1.29, 1.82) is 0 Å². The molecule has 0 aliphatic heterocycles. The van der Waals surface area contributed by atoms with Gasteiger partial charge in [0.15, 0.2) is 4.96 Å². The second-order valence-corrected chi connectivity index (χ2v) is 7.94. The van der Waals surface area contributed by atoms with Crippen LogP contribution in [0, 0.1) is 5.82 Å². The number of halogens is 1. The van der Waals surface area contributed by atoms with Crippen LogP contribution in [0.15, 0.2) is 71.2 Å². The molecule has 27 heavy (non-hydrogen) atoms. The number of rotatable bonds is 6. The number of imidazole rings is 1. The molecule has 0 spiro atoms. The molecule has 136 valence electrons. The second kappa shape index (κ2) is 7.94. The lowest BCUT2D eigenvalue weighted by Crippen LogP contribution is -2.12. The minimum absolute atomic E-state index is 0.0418. The van der Waals surface area contributed by atoms with E-state index in [0.717, 1.165) is 26.8 Å². The summed E-state index contributed by atoms with van der Waals surface area (Å²) in [5.41, 5.74) is 2.68. The lowest BCUT2D eigenvalue weighted by atomic mass is 10.1. The number of thiazole rings is 1. The van der Waals surface area contributed by atoms with Gasteiger partial charge in [0.1, 0.15) is 5.82 Å². The zero-order valence-corrected chi connectivity index (χ0v) is 15.9.